The molecule has 1 atom stereocenters. The molecule has 0 bridgehead atoms. The molecule has 3 heteroatoms. The zero-order valence-corrected chi connectivity index (χ0v) is 15.1. The van der Waals surface area contributed by atoms with Gasteiger partial charge in [-0.2, -0.15) is 0 Å². The lowest BCUT2D eigenvalue weighted by Gasteiger charge is -2.32. The number of rotatable bonds is 5. The Morgan fingerprint density at radius 1 is 1.12 bits per heavy atom. The normalized spacial score (nSPS) is 22.0. The van der Waals surface area contributed by atoms with Crippen molar-refractivity contribution >= 4 is 28.3 Å². The number of carbonyl (C=O) groups is 1. The van der Waals surface area contributed by atoms with Crippen LogP contribution in [0.25, 0.3) is 10.8 Å². The lowest BCUT2D eigenvalue weighted by Crippen LogP contribution is -2.39. The summed E-state index contributed by atoms with van der Waals surface area (Å²) in [5.41, 5.74) is 0.887. The van der Waals surface area contributed by atoms with Crippen LogP contribution < -0.4 is 0 Å². The summed E-state index contributed by atoms with van der Waals surface area (Å²) in [5, 5.41) is 2.39. The van der Waals surface area contributed by atoms with Crippen LogP contribution in [-0.4, -0.2) is 36.6 Å². The van der Waals surface area contributed by atoms with Gasteiger partial charge in [0.25, 0.3) is 0 Å². The number of piperidine rings is 1. The van der Waals surface area contributed by atoms with E-state index in [0.29, 0.717) is 5.78 Å². The highest BCUT2D eigenvalue weighted by Gasteiger charge is 2.30. The zero-order chi connectivity index (χ0) is 16.5. The summed E-state index contributed by atoms with van der Waals surface area (Å²) in [6.45, 7) is 3.34. The van der Waals surface area contributed by atoms with Crippen LogP contribution in [0.15, 0.2) is 41.3 Å². The Balaban J connectivity index is 1.51. The highest BCUT2D eigenvalue weighted by atomic mass is 32.2. The molecule has 2 aromatic carbocycles. The van der Waals surface area contributed by atoms with Crippen LogP contribution in [0.2, 0.25) is 0 Å². The van der Waals surface area contributed by atoms with E-state index >= 15 is 0 Å². The van der Waals surface area contributed by atoms with Crippen molar-refractivity contribution in [1.82, 2.24) is 4.90 Å². The van der Waals surface area contributed by atoms with Gasteiger partial charge in [-0.15, -0.1) is 11.8 Å². The minimum atomic E-state index is 0.181. The molecule has 1 saturated heterocycles. The predicted molar refractivity (Wildman–Crippen MR) is 102 cm³/mol. The van der Waals surface area contributed by atoms with Gasteiger partial charge in [-0.3, -0.25) is 4.79 Å². The van der Waals surface area contributed by atoms with E-state index in [0.717, 1.165) is 30.9 Å². The molecule has 1 aliphatic carbocycles. The Hall–Kier alpha value is -1.32. The fourth-order valence-electron chi connectivity index (χ4n) is 3.84. The molecule has 1 unspecified atom stereocenters. The summed E-state index contributed by atoms with van der Waals surface area (Å²) >= 11 is 1.75. The van der Waals surface area contributed by atoms with Crippen molar-refractivity contribution < 1.29 is 4.79 Å². The van der Waals surface area contributed by atoms with Crippen molar-refractivity contribution in [2.75, 3.05) is 25.9 Å². The third-order valence-corrected chi connectivity index (χ3v) is 6.15. The molecule has 1 aliphatic heterocycles. The highest BCUT2D eigenvalue weighted by Crippen LogP contribution is 2.32. The summed E-state index contributed by atoms with van der Waals surface area (Å²) < 4.78 is 0. The monoisotopic (exact) mass is 339 g/mol. The Labute approximate surface area is 148 Å². The van der Waals surface area contributed by atoms with Gasteiger partial charge in [-0.05, 0) is 73.4 Å². The number of Topliss-reactive ketones (excluding diaryl/α,β-unsaturated/α-hetero) is 1. The van der Waals surface area contributed by atoms with E-state index in [9.17, 15) is 4.79 Å². The second-order valence-corrected chi connectivity index (χ2v) is 8.21. The van der Waals surface area contributed by atoms with Crippen molar-refractivity contribution in [3.8, 4) is 0 Å². The van der Waals surface area contributed by atoms with Gasteiger partial charge in [0.1, 0.15) is 0 Å². The zero-order valence-electron chi connectivity index (χ0n) is 14.3. The highest BCUT2D eigenvalue weighted by molar-refractivity contribution is 7.98. The van der Waals surface area contributed by atoms with Gasteiger partial charge in [0, 0.05) is 29.5 Å². The molecule has 0 aromatic heterocycles. The standard InChI is InChI=1S/C21H25NOS/c1-24-20-9-8-16-11-18(7-6-17(16)12-20)21(23)19-3-2-10-22(14-19)13-15-4-5-15/h6-9,11-12,15,19H,2-5,10,13-14H2,1H3. The van der Waals surface area contributed by atoms with Crippen LogP contribution in [0.4, 0.5) is 0 Å². The van der Waals surface area contributed by atoms with Gasteiger partial charge in [0.15, 0.2) is 5.78 Å². The number of likely N-dealkylation sites (tertiary alicyclic amines) is 1. The Kier molecular flexibility index (Phi) is 4.64. The first kappa shape index (κ1) is 16.2. The molecule has 0 N–H and O–H groups in total. The maximum absolute atomic E-state index is 13.0. The SMILES string of the molecule is CSc1ccc2cc(C(=O)C3CCCN(CC4CC4)C3)ccc2c1. The number of thioether (sulfide) groups is 1. The van der Waals surface area contributed by atoms with Crippen molar-refractivity contribution in [2.24, 2.45) is 11.8 Å². The third-order valence-electron chi connectivity index (χ3n) is 5.42. The predicted octanol–water partition coefficient (Wildman–Crippen LogP) is 4.87. The minimum absolute atomic E-state index is 0.181. The van der Waals surface area contributed by atoms with E-state index in [-0.39, 0.29) is 5.92 Å². The molecular weight excluding hydrogens is 314 g/mol. The molecule has 0 amide bonds. The lowest BCUT2D eigenvalue weighted by molar-refractivity contribution is 0.0815. The topological polar surface area (TPSA) is 20.3 Å². The van der Waals surface area contributed by atoms with E-state index in [2.05, 4.69) is 41.5 Å². The van der Waals surface area contributed by atoms with Gasteiger partial charge < -0.3 is 4.90 Å². The maximum Gasteiger partial charge on any atom is 0.167 e. The number of fused-ring (bicyclic) bond motifs is 1. The third kappa shape index (κ3) is 3.52. The van der Waals surface area contributed by atoms with Crippen LogP contribution >= 0.6 is 11.8 Å². The smallest absolute Gasteiger partial charge is 0.167 e. The van der Waals surface area contributed by atoms with Crippen LogP contribution in [-0.2, 0) is 0 Å². The molecule has 24 heavy (non-hydrogen) atoms. The summed E-state index contributed by atoms with van der Waals surface area (Å²) in [6, 6.07) is 12.7. The Bertz CT molecular complexity index is 753. The molecule has 2 aliphatic rings. The van der Waals surface area contributed by atoms with E-state index in [1.54, 1.807) is 11.8 Å². The minimum Gasteiger partial charge on any atom is -0.302 e. The number of hydrogen-bond donors (Lipinski definition) is 0. The van der Waals surface area contributed by atoms with Crippen molar-refractivity contribution in [3.63, 3.8) is 0 Å². The molecule has 2 aromatic rings. The average molecular weight is 340 g/mol. The maximum atomic E-state index is 13.0. The van der Waals surface area contributed by atoms with Crippen molar-refractivity contribution in [2.45, 2.75) is 30.6 Å². The second kappa shape index (κ2) is 6.89. The summed E-state index contributed by atoms with van der Waals surface area (Å²) in [7, 11) is 0. The van der Waals surface area contributed by atoms with Gasteiger partial charge in [-0.25, -0.2) is 0 Å². The van der Waals surface area contributed by atoms with Crippen LogP contribution in [0.5, 0.6) is 0 Å². The summed E-state index contributed by atoms with van der Waals surface area (Å²) in [4.78, 5) is 16.8. The molecule has 1 heterocycles. The fourth-order valence-corrected chi connectivity index (χ4v) is 4.29. The van der Waals surface area contributed by atoms with E-state index < -0.39 is 0 Å². The molecule has 0 spiro atoms. The number of ketones is 1. The molecule has 2 nitrogen and oxygen atoms in total. The molecule has 4 rings (SSSR count). The van der Waals surface area contributed by atoms with E-state index in [1.165, 1.54) is 41.6 Å². The molecule has 2 fully saturated rings. The number of hydrogen-bond acceptors (Lipinski definition) is 3. The van der Waals surface area contributed by atoms with Crippen molar-refractivity contribution in [3.05, 3.63) is 42.0 Å². The first-order valence-corrected chi connectivity index (χ1v) is 10.3. The van der Waals surface area contributed by atoms with E-state index in [1.807, 2.05) is 6.07 Å². The summed E-state index contributed by atoms with van der Waals surface area (Å²) in [6.07, 6.45) is 7.07. The first-order valence-electron chi connectivity index (χ1n) is 9.07. The first-order chi connectivity index (χ1) is 11.7. The number of nitrogens with zero attached hydrogens (tertiary/aromatic N) is 1. The Morgan fingerprint density at radius 3 is 2.71 bits per heavy atom. The summed E-state index contributed by atoms with van der Waals surface area (Å²) in [5.74, 6) is 1.43. The van der Waals surface area contributed by atoms with Crippen molar-refractivity contribution in [1.29, 1.82) is 0 Å². The molecule has 126 valence electrons. The van der Waals surface area contributed by atoms with Gasteiger partial charge in [0.05, 0.1) is 0 Å². The fraction of sp³-hybridized carbons (Fsp3) is 0.476. The van der Waals surface area contributed by atoms with Gasteiger partial charge in [0.2, 0.25) is 0 Å². The molecular formula is C21H25NOS. The van der Waals surface area contributed by atoms with Gasteiger partial charge >= 0.3 is 0 Å². The molecule has 0 radical (unpaired) electrons. The molecule has 1 saturated carbocycles. The van der Waals surface area contributed by atoms with Crippen LogP contribution in [0, 0.1) is 11.8 Å². The van der Waals surface area contributed by atoms with E-state index in [4.69, 9.17) is 0 Å². The Morgan fingerprint density at radius 2 is 1.92 bits per heavy atom. The number of carbonyl (C=O) groups excluding carboxylic acids is 1. The number of benzene rings is 2. The average Bonchev–Trinajstić information content (AvgIpc) is 3.44. The van der Waals surface area contributed by atoms with Crippen LogP contribution in [0.1, 0.15) is 36.0 Å². The van der Waals surface area contributed by atoms with Gasteiger partial charge in [-0.1, -0.05) is 18.2 Å². The quantitative estimate of drug-likeness (QED) is 0.573. The second-order valence-electron chi connectivity index (χ2n) is 7.33. The lowest BCUT2D eigenvalue weighted by atomic mass is 9.89. The van der Waals surface area contributed by atoms with Crippen LogP contribution in [0.3, 0.4) is 0 Å². The largest absolute Gasteiger partial charge is 0.302 e.